The second-order valence-electron chi connectivity index (χ2n) is 6.44. The molecule has 4 nitrogen and oxygen atoms in total. The summed E-state index contributed by atoms with van der Waals surface area (Å²) >= 11 is 0. The van der Waals surface area contributed by atoms with Crippen molar-refractivity contribution in [2.24, 2.45) is 17.6 Å². The lowest BCUT2D eigenvalue weighted by atomic mass is 9.94. The summed E-state index contributed by atoms with van der Waals surface area (Å²) in [5.41, 5.74) is 6.04. The molecule has 2 atom stereocenters. The van der Waals surface area contributed by atoms with Gasteiger partial charge in [0.15, 0.2) is 0 Å². The van der Waals surface area contributed by atoms with Crippen LogP contribution in [0.2, 0.25) is 0 Å². The maximum Gasteiger partial charge on any atom is 0.226 e. The lowest BCUT2D eigenvalue weighted by Crippen LogP contribution is -2.51. The van der Waals surface area contributed by atoms with Gasteiger partial charge in [-0.05, 0) is 37.4 Å². The van der Waals surface area contributed by atoms with Crippen molar-refractivity contribution >= 4 is 11.6 Å². The fourth-order valence-corrected chi connectivity index (χ4v) is 3.77. The average molecular weight is 323 g/mol. The van der Waals surface area contributed by atoms with E-state index in [1.165, 1.54) is 6.07 Å². The van der Waals surface area contributed by atoms with Crippen LogP contribution in [0.5, 0.6) is 0 Å². The van der Waals surface area contributed by atoms with Gasteiger partial charge in [0.2, 0.25) is 5.91 Å². The lowest BCUT2D eigenvalue weighted by Gasteiger charge is -2.38. The van der Waals surface area contributed by atoms with E-state index in [0.29, 0.717) is 38.6 Å². The van der Waals surface area contributed by atoms with Gasteiger partial charge >= 0.3 is 0 Å². The molecule has 1 heterocycles. The monoisotopic (exact) mass is 323 g/mol. The average Bonchev–Trinajstić information content (AvgIpc) is 3.05. The molecule has 2 aliphatic rings. The number of carbonyl (C=O) groups is 1. The molecule has 2 fully saturated rings. The zero-order chi connectivity index (χ0) is 16.4. The van der Waals surface area contributed by atoms with Crippen molar-refractivity contribution in [2.45, 2.75) is 19.3 Å². The van der Waals surface area contributed by atoms with E-state index in [2.05, 4.69) is 0 Å². The maximum absolute atomic E-state index is 13.8. The van der Waals surface area contributed by atoms with E-state index < -0.39 is 11.6 Å². The molecule has 1 amide bonds. The van der Waals surface area contributed by atoms with Crippen molar-refractivity contribution in [3.8, 4) is 0 Å². The Balaban J connectivity index is 1.62. The summed E-state index contributed by atoms with van der Waals surface area (Å²) in [6.07, 6.45) is 3.01. The molecule has 0 aromatic heterocycles. The minimum atomic E-state index is -0.448. The minimum Gasteiger partial charge on any atom is -0.366 e. The van der Waals surface area contributed by atoms with Crippen molar-refractivity contribution in [1.82, 2.24) is 4.90 Å². The minimum absolute atomic E-state index is 0.0393. The first-order chi connectivity index (χ1) is 11.1. The van der Waals surface area contributed by atoms with Crippen LogP contribution in [-0.4, -0.2) is 43.5 Å². The van der Waals surface area contributed by atoms with Gasteiger partial charge in [-0.1, -0.05) is 6.42 Å². The fraction of sp³-hybridized carbons (Fsp3) is 0.588. The fourth-order valence-electron chi connectivity index (χ4n) is 3.77. The van der Waals surface area contributed by atoms with Crippen LogP contribution in [0, 0.1) is 23.5 Å². The van der Waals surface area contributed by atoms with Crippen LogP contribution >= 0.6 is 0 Å². The Morgan fingerprint density at radius 3 is 2.61 bits per heavy atom. The van der Waals surface area contributed by atoms with Gasteiger partial charge in [0.1, 0.15) is 11.6 Å². The Hall–Kier alpha value is -1.69. The first-order valence-electron chi connectivity index (χ1n) is 8.29. The summed E-state index contributed by atoms with van der Waals surface area (Å²) in [7, 11) is 0. The molecule has 6 heteroatoms. The standard InChI is InChI=1S/C17H23F2N3O/c18-13-4-5-15(19)16(10-13)21-6-8-22(9-7-21)17(23)14-3-1-2-12(14)11-20/h4-5,10,12,14H,1-3,6-9,11,20H2/t12-,14-/m1/s1. The molecule has 1 saturated heterocycles. The Labute approximate surface area is 135 Å². The normalized spacial score (nSPS) is 25.0. The van der Waals surface area contributed by atoms with E-state index >= 15 is 0 Å². The third-order valence-corrected chi connectivity index (χ3v) is 5.12. The van der Waals surface area contributed by atoms with Crippen molar-refractivity contribution < 1.29 is 13.6 Å². The topological polar surface area (TPSA) is 49.6 Å². The number of nitrogens with two attached hydrogens (primary N) is 1. The molecule has 1 aliphatic heterocycles. The zero-order valence-electron chi connectivity index (χ0n) is 13.2. The number of anilines is 1. The van der Waals surface area contributed by atoms with Crippen LogP contribution in [0.15, 0.2) is 18.2 Å². The van der Waals surface area contributed by atoms with Crippen LogP contribution in [0.25, 0.3) is 0 Å². The van der Waals surface area contributed by atoms with Gasteiger partial charge in [-0.15, -0.1) is 0 Å². The van der Waals surface area contributed by atoms with Crippen LogP contribution in [0.3, 0.4) is 0 Å². The quantitative estimate of drug-likeness (QED) is 0.925. The Kier molecular flexibility index (Phi) is 4.80. The summed E-state index contributed by atoms with van der Waals surface area (Å²) in [4.78, 5) is 16.3. The van der Waals surface area contributed by atoms with E-state index in [-0.39, 0.29) is 17.5 Å². The van der Waals surface area contributed by atoms with Crippen LogP contribution < -0.4 is 10.6 Å². The summed E-state index contributed by atoms with van der Waals surface area (Å²) in [6, 6.07) is 3.48. The Morgan fingerprint density at radius 2 is 1.91 bits per heavy atom. The smallest absolute Gasteiger partial charge is 0.226 e. The Bertz CT molecular complexity index is 573. The molecule has 1 aliphatic carbocycles. The number of amides is 1. The number of rotatable bonds is 3. The molecule has 23 heavy (non-hydrogen) atoms. The summed E-state index contributed by atoms with van der Waals surface area (Å²) in [5.74, 6) is -0.363. The number of halogens is 2. The number of piperazine rings is 1. The van der Waals surface area contributed by atoms with E-state index in [0.717, 1.165) is 31.4 Å². The molecular formula is C17H23F2N3O. The number of hydrogen-bond donors (Lipinski definition) is 1. The van der Waals surface area contributed by atoms with Gasteiger partial charge in [-0.25, -0.2) is 8.78 Å². The van der Waals surface area contributed by atoms with Gasteiger partial charge in [0.25, 0.3) is 0 Å². The van der Waals surface area contributed by atoms with E-state index in [1.54, 1.807) is 4.90 Å². The van der Waals surface area contributed by atoms with Gasteiger partial charge in [0.05, 0.1) is 5.69 Å². The van der Waals surface area contributed by atoms with Crippen molar-refractivity contribution in [2.75, 3.05) is 37.6 Å². The SMILES string of the molecule is NC[C@H]1CCC[C@H]1C(=O)N1CCN(c2cc(F)ccc2F)CC1. The number of nitrogens with zero attached hydrogens (tertiary/aromatic N) is 2. The molecule has 1 aromatic rings. The number of benzene rings is 1. The molecule has 0 spiro atoms. The third-order valence-electron chi connectivity index (χ3n) is 5.12. The summed E-state index contributed by atoms with van der Waals surface area (Å²) in [5, 5.41) is 0. The molecule has 126 valence electrons. The molecule has 3 rings (SSSR count). The van der Waals surface area contributed by atoms with E-state index in [4.69, 9.17) is 5.73 Å². The molecule has 1 saturated carbocycles. The van der Waals surface area contributed by atoms with Gasteiger partial charge in [-0.2, -0.15) is 0 Å². The number of hydrogen-bond acceptors (Lipinski definition) is 3. The summed E-state index contributed by atoms with van der Waals surface area (Å²) < 4.78 is 27.2. The van der Waals surface area contributed by atoms with Crippen molar-refractivity contribution in [1.29, 1.82) is 0 Å². The molecule has 1 aromatic carbocycles. The highest BCUT2D eigenvalue weighted by molar-refractivity contribution is 5.79. The molecule has 2 N–H and O–H groups in total. The van der Waals surface area contributed by atoms with Gasteiger partial charge in [-0.3, -0.25) is 4.79 Å². The lowest BCUT2D eigenvalue weighted by molar-refractivity contribution is -0.136. The highest BCUT2D eigenvalue weighted by Gasteiger charge is 2.35. The van der Waals surface area contributed by atoms with Crippen molar-refractivity contribution in [3.63, 3.8) is 0 Å². The summed E-state index contributed by atoms with van der Waals surface area (Å²) in [6.45, 7) is 2.69. The second-order valence-corrected chi connectivity index (χ2v) is 6.44. The van der Waals surface area contributed by atoms with Gasteiger partial charge < -0.3 is 15.5 Å². The maximum atomic E-state index is 13.8. The molecule has 0 bridgehead atoms. The predicted molar refractivity (Wildman–Crippen MR) is 85.0 cm³/mol. The first kappa shape index (κ1) is 16.2. The highest BCUT2D eigenvalue weighted by atomic mass is 19.1. The molecule has 0 radical (unpaired) electrons. The highest BCUT2D eigenvalue weighted by Crippen LogP contribution is 2.33. The number of carbonyl (C=O) groups excluding carboxylic acids is 1. The van der Waals surface area contributed by atoms with Crippen LogP contribution in [0.4, 0.5) is 14.5 Å². The van der Waals surface area contributed by atoms with Crippen molar-refractivity contribution in [3.05, 3.63) is 29.8 Å². The third kappa shape index (κ3) is 3.32. The Morgan fingerprint density at radius 1 is 1.17 bits per heavy atom. The van der Waals surface area contributed by atoms with E-state index in [9.17, 15) is 13.6 Å². The predicted octanol–water partition coefficient (Wildman–Crippen LogP) is 1.99. The molecule has 0 unspecified atom stereocenters. The zero-order valence-corrected chi connectivity index (χ0v) is 13.2. The first-order valence-corrected chi connectivity index (χ1v) is 8.29. The van der Waals surface area contributed by atoms with Crippen LogP contribution in [-0.2, 0) is 4.79 Å². The largest absolute Gasteiger partial charge is 0.366 e. The molecular weight excluding hydrogens is 300 g/mol. The van der Waals surface area contributed by atoms with Gasteiger partial charge in [0, 0.05) is 38.2 Å². The van der Waals surface area contributed by atoms with Crippen LogP contribution in [0.1, 0.15) is 19.3 Å². The van der Waals surface area contributed by atoms with E-state index in [1.807, 2.05) is 4.90 Å². The second kappa shape index (κ2) is 6.83.